The van der Waals surface area contributed by atoms with Crippen LogP contribution >= 0.6 is 0 Å². The van der Waals surface area contributed by atoms with Gasteiger partial charge in [-0.3, -0.25) is 9.59 Å². The highest BCUT2D eigenvalue weighted by molar-refractivity contribution is 6.05. The van der Waals surface area contributed by atoms with Crippen LogP contribution < -0.4 is 11.1 Å². The van der Waals surface area contributed by atoms with Gasteiger partial charge in [-0.1, -0.05) is 17.7 Å². The molecule has 0 radical (unpaired) electrons. The van der Waals surface area contributed by atoms with Crippen LogP contribution in [0.25, 0.3) is 0 Å². The monoisotopic (exact) mass is 329 g/mol. The van der Waals surface area contributed by atoms with Crippen LogP contribution in [0.2, 0.25) is 0 Å². The van der Waals surface area contributed by atoms with Crippen molar-refractivity contribution < 1.29 is 14.0 Å². The number of carbonyl (C=O) groups excluding carboxylic acids is 2. The predicted molar refractivity (Wildman–Crippen MR) is 91.4 cm³/mol. The minimum Gasteiger partial charge on any atom is -0.366 e. The van der Waals surface area contributed by atoms with E-state index in [1.165, 1.54) is 18.2 Å². The van der Waals surface area contributed by atoms with Crippen molar-refractivity contribution in [3.05, 3.63) is 64.5 Å². The Balaban J connectivity index is 2.38. The molecule has 6 heteroatoms. The van der Waals surface area contributed by atoms with Crippen molar-refractivity contribution >= 4 is 17.5 Å². The number of nitrogens with zero attached hydrogens (tertiary/aromatic N) is 1. The lowest BCUT2D eigenvalue weighted by atomic mass is 10.1. The van der Waals surface area contributed by atoms with Crippen LogP contribution in [0.3, 0.4) is 0 Å². The quantitative estimate of drug-likeness (QED) is 0.885. The second kappa shape index (κ2) is 7.23. The summed E-state index contributed by atoms with van der Waals surface area (Å²) < 4.78 is 13.9. The summed E-state index contributed by atoms with van der Waals surface area (Å²) in [6.07, 6.45) is 0. The summed E-state index contributed by atoms with van der Waals surface area (Å²) in [5.41, 5.74) is 7.54. The van der Waals surface area contributed by atoms with Gasteiger partial charge in [0.25, 0.3) is 5.91 Å². The summed E-state index contributed by atoms with van der Waals surface area (Å²) in [4.78, 5) is 25.7. The number of benzene rings is 2. The molecule has 3 N–H and O–H groups in total. The third-order valence-corrected chi connectivity index (χ3v) is 3.50. The van der Waals surface area contributed by atoms with E-state index in [9.17, 15) is 14.0 Å². The first kappa shape index (κ1) is 17.6. The summed E-state index contributed by atoms with van der Waals surface area (Å²) in [6, 6.07) is 9.16. The minimum absolute atomic E-state index is 0.0460. The molecule has 5 nitrogen and oxygen atoms in total. The molecule has 126 valence electrons. The summed E-state index contributed by atoms with van der Waals surface area (Å²) >= 11 is 0. The molecule has 0 unspecified atom stereocenters. The molecule has 0 bridgehead atoms. The molecule has 0 saturated carbocycles. The van der Waals surface area contributed by atoms with Gasteiger partial charge in [0.2, 0.25) is 5.91 Å². The summed E-state index contributed by atoms with van der Waals surface area (Å²) in [6.45, 7) is 2.33. The largest absolute Gasteiger partial charge is 0.366 e. The fourth-order valence-electron chi connectivity index (χ4n) is 2.33. The number of nitrogens with one attached hydrogen (secondary N) is 1. The van der Waals surface area contributed by atoms with Crippen molar-refractivity contribution in [3.63, 3.8) is 0 Å². The summed E-state index contributed by atoms with van der Waals surface area (Å²) in [5, 5.41) is 2.68. The Morgan fingerprint density at radius 2 is 1.88 bits per heavy atom. The van der Waals surface area contributed by atoms with E-state index in [-0.39, 0.29) is 11.1 Å². The first-order valence-corrected chi connectivity index (χ1v) is 7.43. The average molecular weight is 329 g/mol. The Labute approximate surface area is 140 Å². The van der Waals surface area contributed by atoms with Gasteiger partial charge in [0.15, 0.2) is 0 Å². The van der Waals surface area contributed by atoms with Crippen LogP contribution in [-0.2, 0) is 6.54 Å². The lowest BCUT2D eigenvalue weighted by molar-refractivity contribution is 0.0995. The SMILES string of the molecule is Cc1ccc(F)c(C(=O)Nc2cc(C(N)=O)ccc2CN(C)C)c1. The van der Waals surface area contributed by atoms with E-state index in [0.29, 0.717) is 12.2 Å². The van der Waals surface area contributed by atoms with Crippen molar-refractivity contribution in [2.24, 2.45) is 5.73 Å². The molecule has 0 aliphatic rings. The Hall–Kier alpha value is -2.73. The number of primary amides is 1. The first-order chi connectivity index (χ1) is 11.3. The molecule has 2 aromatic rings. The van der Waals surface area contributed by atoms with Crippen LogP contribution in [0, 0.1) is 12.7 Å². The third kappa shape index (κ3) is 4.17. The molecule has 0 heterocycles. The van der Waals surface area contributed by atoms with Crippen molar-refractivity contribution in [1.29, 1.82) is 0 Å². The number of carbonyl (C=O) groups is 2. The van der Waals surface area contributed by atoms with Crippen LogP contribution in [-0.4, -0.2) is 30.8 Å². The molecule has 0 aliphatic carbocycles. The van der Waals surface area contributed by atoms with Gasteiger partial charge in [-0.25, -0.2) is 4.39 Å². The standard InChI is InChI=1S/C18H20FN3O2/c1-11-4-7-15(19)14(8-11)18(24)21-16-9-12(17(20)23)5-6-13(16)10-22(2)3/h4-9H,10H2,1-3H3,(H2,20,23)(H,21,24). The Morgan fingerprint density at radius 1 is 1.17 bits per heavy atom. The maximum absolute atomic E-state index is 13.9. The molecule has 2 aromatic carbocycles. The maximum Gasteiger partial charge on any atom is 0.258 e. The Bertz CT molecular complexity index is 788. The zero-order valence-corrected chi connectivity index (χ0v) is 13.9. The van der Waals surface area contributed by atoms with Crippen molar-refractivity contribution in [3.8, 4) is 0 Å². The number of rotatable bonds is 5. The van der Waals surface area contributed by atoms with E-state index in [1.807, 2.05) is 19.0 Å². The van der Waals surface area contributed by atoms with Gasteiger partial charge in [-0.2, -0.15) is 0 Å². The molecular weight excluding hydrogens is 309 g/mol. The van der Waals surface area contributed by atoms with Crippen molar-refractivity contribution in [2.75, 3.05) is 19.4 Å². The minimum atomic E-state index is -0.599. The smallest absolute Gasteiger partial charge is 0.258 e. The molecule has 0 saturated heterocycles. The van der Waals surface area contributed by atoms with Crippen LogP contribution in [0.4, 0.5) is 10.1 Å². The molecular formula is C18H20FN3O2. The summed E-state index contributed by atoms with van der Waals surface area (Å²) in [5.74, 6) is -1.76. The number of nitrogens with two attached hydrogens (primary N) is 1. The molecule has 0 aliphatic heterocycles. The van der Waals surface area contributed by atoms with Gasteiger partial charge in [0, 0.05) is 17.8 Å². The zero-order chi connectivity index (χ0) is 17.9. The van der Waals surface area contributed by atoms with E-state index in [4.69, 9.17) is 5.73 Å². The highest BCUT2D eigenvalue weighted by Crippen LogP contribution is 2.21. The lowest BCUT2D eigenvalue weighted by Crippen LogP contribution is -2.19. The first-order valence-electron chi connectivity index (χ1n) is 7.43. The lowest BCUT2D eigenvalue weighted by Gasteiger charge is -2.16. The molecule has 2 rings (SSSR count). The van der Waals surface area contributed by atoms with E-state index in [2.05, 4.69) is 5.32 Å². The summed E-state index contributed by atoms with van der Waals surface area (Å²) in [7, 11) is 3.77. The second-order valence-electron chi connectivity index (χ2n) is 5.91. The molecule has 0 atom stereocenters. The highest BCUT2D eigenvalue weighted by atomic mass is 19.1. The maximum atomic E-state index is 13.9. The number of anilines is 1. The Morgan fingerprint density at radius 3 is 2.50 bits per heavy atom. The van der Waals surface area contributed by atoms with Crippen LogP contribution in [0.15, 0.2) is 36.4 Å². The van der Waals surface area contributed by atoms with Crippen LogP contribution in [0.5, 0.6) is 0 Å². The fraction of sp³-hybridized carbons (Fsp3) is 0.222. The topological polar surface area (TPSA) is 75.4 Å². The average Bonchev–Trinajstić information content (AvgIpc) is 2.50. The van der Waals surface area contributed by atoms with Gasteiger partial charge in [0.05, 0.1) is 5.56 Å². The second-order valence-corrected chi connectivity index (χ2v) is 5.91. The van der Waals surface area contributed by atoms with Gasteiger partial charge in [-0.05, 0) is 50.8 Å². The van der Waals surface area contributed by atoms with E-state index < -0.39 is 17.6 Å². The van der Waals surface area contributed by atoms with E-state index >= 15 is 0 Å². The van der Waals surface area contributed by atoms with Gasteiger partial charge in [0.1, 0.15) is 5.82 Å². The fourth-order valence-corrected chi connectivity index (χ4v) is 2.33. The van der Waals surface area contributed by atoms with Gasteiger partial charge in [-0.15, -0.1) is 0 Å². The normalized spacial score (nSPS) is 10.7. The predicted octanol–water partition coefficient (Wildman–Crippen LogP) is 2.55. The number of amides is 2. The van der Waals surface area contributed by atoms with Gasteiger partial charge >= 0.3 is 0 Å². The number of aryl methyl sites for hydroxylation is 1. The van der Waals surface area contributed by atoms with Crippen LogP contribution in [0.1, 0.15) is 31.8 Å². The number of hydrogen-bond acceptors (Lipinski definition) is 3. The molecule has 0 aromatic heterocycles. The van der Waals surface area contributed by atoms with Crippen molar-refractivity contribution in [2.45, 2.75) is 13.5 Å². The van der Waals surface area contributed by atoms with E-state index in [0.717, 1.165) is 11.1 Å². The van der Waals surface area contributed by atoms with Gasteiger partial charge < -0.3 is 16.0 Å². The zero-order valence-electron chi connectivity index (χ0n) is 13.9. The highest BCUT2D eigenvalue weighted by Gasteiger charge is 2.15. The Kier molecular flexibility index (Phi) is 5.31. The molecule has 0 spiro atoms. The number of halogens is 1. The van der Waals surface area contributed by atoms with E-state index in [1.54, 1.807) is 25.1 Å². The molecule has 2 amide bonds. The van der Waals surface area contributed by atoms with Crippen molar-refractivity contribution in [1.82, 2.24) is 4.90 Å². The number of hydrogen-bond donors (Lipinski definition) is 2. The molecule has 0 fully saturated rings. The molecule has 24 heavy (non-hydrogen) atoms. The third-order valence-electron chi connectivity index (χ3n) is 3.50.